The van der Waals surface area contributed by atoms with E-state index in [0.29, 0.717) is 18.0 Å². The molecule has 4 atom stereocenters. The molecule has 1 fully saturated rings. The molecule has 0 saturated heterocycles. The van der Waals surface area contributed by atoms with Crippen molar-refractivity contribution >= 4 is 23.2 Å². The van der Waals surface area contributed by atoms with Crippen LogP contribution in [0.2, 0.25) is 0 Å². The highest BCUT2D eigenvalue weighted by Crippen LogP contribution is 2.49. The molecule has 0 aliphatic heterocycles. The molecule has 1 amide bonds. The Kier molecular flexibility index (Phi) is 8.24. The van der Waals surface area contributed by atoms with Crippen molar-refractivity contribution in [3.05, 3.63) is 34.4 Å². The van der Waals surface area contributed by atoms with Crippen molar-refractivity contribution < 1.29 is 34.8 Å². The summed E-state index contributed by atoms with van der Waals surface area (Å²) in [7, 11) is 3.31. The fraction of sp³-hybridized carbons (Fsp3) is 0.577. The number of carbonyl (C=O) groups excluding carboxylic acids is 3. The summed E-state index contributed by atoms with van der Waals surface area (Å²) < 4.78 is 0. The van der Waals surface area contributed by atoms with Crippen LogP contribution in [-0.2, 0) is 27.3 Å². The van der Waals surface area contributed by atoms with Gasteiger partial charge in [0.05, 0.1) is 18.6 Å². The first-order valence-corrected chi connectivity index (χ1v) is 12.2. The number of phenolic OH excluding ortho intramolecular Hbond substituents is 1. The van der Waals surface area contributed by atoms with Gasteiger partial charge in [-0.3, -0.25) is 14.4 Å². The molecule has 7 N–H and O–H groups in total. The van der Waals surface area contributed by atoms with Gasteiger partial charge in [-0.2, -0.15) is 0 Å². The average Bonchev–Trinajstić information content (AvgIpc) is 2.77. The average molecular weight is 504 g/mol. The van der Waals surface area contributed by atoms with Gasteiger partial charge in [-0.05, 0) is 62.5 Å². The number of Topliss-reactive ketones (excluding diaryl/α,β-unsaturated/α-hetero) is 2. The van der Waals surface area contributed by atoms with Crippen molar-refractivity contribution in [2.24, 2.45) is 23.5 Å². The van der Waals surface area contributed by atoms with Gasteiger partial charge in [-0.15, -0.1) is 0 Å². The number of amides is 1. The van der Waals surface area contributed by atoms with E-state index in [1.807, 2.05) is 0 Å². The summed E-state index contributed by atoms with van der Waals surface area (Å²) in [5.74, 6) is -5.02. The van der Waals surface area contributed by atoms with E-state index in [9.17, 15) is 34.8 Å². The Balaban J connectivity index is 2.15. The number of fused-ring (bicyclic) bond motifs is 2. The summed E-state index contributed by atoms with van der Waals surface area (Å²) in [4.78, 5) is 40.0. The van der Waals surface area contributed by atoms with Crippen molar-refractivity contribution in [3.63, 3.8) is 0 Å². The Bertz CT molecular complexity index is 1080. The summed E-state index contributed by atoms with van der Waals surface area (Å²) in [6, 6.07) is 2.43. The quantitative estimate of drug-likeness (QED) is 0.245. The van der Waals surface area contributed by atoms with Gasteiger partial charge in [-0.25, -0.2) is 0 Å². The minimum absolute atomic E-state index is 0.0868. The molecule has 2 aliphatic carbocycles. The Morgan fingerprint density at radius 2 is 1.92 bits per heavy atom. The third-order valence-electron chi connectivity index (χ3n) is 7.35. The van der Waals surface area contributed by atoms with Crippen LogP contribution < -0.4 is 11.1 Å². The van der Waals surface area contributed by atoms with E-state index in [1.165, 1.54) is 6.07 Å². The van der Waals surface area contributed by atoms with E-state index in [4.69, 9.17) is 5.73 Å². The maximum atomic E-state index is 13.8. The fourth-order valence-electron chi connectivity index (χ4n) is 5.57. The molecule has 10 heteroatoms. The number of aliphatic hydroxyl groups is 3. The van der Waals surface area contributed by atoms with Crippen molar-refractivity contribution in [1.82, 2.24) is 10.2 Å². The number of carbonyl (C=O) groups is 3. The highest BCUT2D eigenvalue weighted by molar-refractivity contribution is 6.23. The first-order chi connectivity index (χ1) is 16.8. The minimum atomic E-state index is -2.67. The number of aromatic hydroxyl groups is 1. The Morgan fingerprint density at radius 3 is 2.47 bits per heavy atom. The lowest BCUT2D eigenvalue weighted by Crippen LogP contribution is -2.64. The number of nitrogens with one attached hydrogen (secondary N) is 1. The monoisotopic (exact) mass is 503 g/mol. The molecule has 3 rings (SSSR count). The highest BCUT2D eigenvalue weighted by Gasteiger charge is 2.60. The topological polar surface area (TPSA) is 173 Å². The molecular weight excluding hydrogens is 466 g/mol. The Morgan fingerprint density at radius 1 is 1.25 bits per heavy atom. The van der Waals surface area contributed by atoms with E-state index in [2.05, 4.69) is 19.2 Å². The van der Waals surface area contributed by atoms with Gasteiger partial charge >= 0.3 is 0 Å². The summed E-state index contributed by atoms with van der Waals surface area (Å²) >= 11 is 0. The molecule has 1 aromatic carbocycles. The van der Waals surface area contributed by atoms with Crippen LogP contribution in [0.15, 0.2) is 17.7 Å². The molecule has 1 aromatic rings. The van der Waals surface area contributed by atoms with Crippen LogP contribution in [0.3, 0.4) is 0 Å². The molecular formula is C26H37N3O7. The molecule has 10 nitrogen and oxygen atoms in total. The van der Waals surface area contributed by atoms with Crippen LogP contribution in [-0.4, -0.2) is 81.7 Å². The molecule has 198 valence electrons. The lowest BCUT2D eigenvalue weighted by atomic mass is 9.59. The molecule has 0 radical (unpaired) electrons. The van der Waals surface area contributed by atoms with Crippen LogP contribution in [0.5, 0.6) is 5.75 Å². The van der Waals surface area contributed by atoms with Crippen LogP contribution in [0.25, 0.3) is 5.76 Å². The lowest BCUT2D eigenvalue weighted by molar-refractivity contribution is -0.163. The zero-order chi connectivity index (χ0) is 26.9. The zero-order valence-electron chi connectivity index (χ0n) is 21.2. The SMILES string of the molecule is CC(C)CNCc1ccc(O)c2c1C[C@H]1C[C@@H](C(CO)N(C)C)[C@@](O)(C(=O)CC(N)=O)C(=O)C1=C2O. The zero-order valence-corrected chi connectivity index (χ0v) is 21.2. The maximum Gasteiger partial charge on any atom is 0.225 e. The Hall–Kier alpha value is -2.79. The van der Waals surface area contributed by atoms with Crippen LogP contribution in [0.1, 0.15) is 43.4 Å². The van der Waals surface area contributed by atoms with E-state index >= 15 is 0 Å². The van der Waals surface area contributed by atoms with Crippen molar-refractivity contribution in [1.29, 1.82) is 0 Å². The first kappa shape index (κ1) is 27.8. The normalized spacial score (nSPS) is 24.6. The second-order valence-electron chi connectivity index (χ2n) is 10.5. The number of primary amides is 1. The maximum absolute atomic E-state index is 13.8. The molecule has 0 heterocycles. The number of benzene rings is 1. The summed E-state index contributed by atoms with van der Waals surface area (Å²) in [6.07, 6.45) is -0.490. The summed E-state index contributed by atoms with van der Waals surface area (Å²) in [6.45, 7) is 4.97. The van der Waals surface area contributed by atoms with Gasteiger partial charge < -0.3 is 36.4 Å². The highest BCUT2D eigenvalue weighted by atomic mass is 16.3. The number of nitrogens with zero attached hydrogens (tertiary/aromatic N) is 1. The molecule has 0 bridgehead atoms. The van der Waals surface area contributed by atoms with Crippen molar-refractivity contribution in [2.75, 3.05) is 27.2 Å². The predicted octanol–water partition coefficient (Wildman–Crippen LogP) is 0.266. The second-order valence-corrected chi connectivity index (χ2v) is 10.5. The van der Waals surface area contributed by atoms with Crippen molar-refractivity contribution in [2.45, 2.75) is 51.3 Å². The van der Waals surface area contributed by atoms with E-state index in [-0.39, 0.29) is 29.7 Å². The van der Waals surface area contributed by atoms with E-state index in [1.54, 1.807) is 25.1 Å². The molecule has 1 unspecified atom stereocenters. The third-order valence-corrected chi connectivity index (χ3v) is 7.35. The first-order valence-electron chi connectivity index (χ1n) is 12.2. The van der Waals surface area contributed by atoms with Crippen LogP contribution >= 0.6 is 0 Å². The van der Waals surface area contributed by atoms with Gasteiger partial charge in [0.2, 0.25) is 11.7 Å². The van der Waals surface area contributed by atoms with E-state index < -0.39 is 59.7 Å². The van der Waals surface area contributed by atoms with Crippen molar-refractivity contribution in [3.8, 4) is 5.75 Å². The number of phenols is 1. The standard InChI is InChI=1S/C26H37N3O7/c1-13(2)10-28-11-14-5-6-19(31)23-16(14)7-15-8-17(18(12-30)29(3)4)26(36,20(32)9-21(27)33)25(35)22(15)24(23)34/h5-6,13,15,17-18,28,30-31,34,36H,7-12H2,1-4H3,(H2,27,33)/t15-,17-,18?,26+/m0/s1. The second kappa shape index (κ2) is 10.7. The predicted molar refractivity (Wildman–Crippen MR) is 133 cm³/mol. The van der Waals surface area contributed by atoms with Gasteiger partial charge in [0, 0.05) is 24.1 Å². The number of rotatable bonds is 10. The third kappa shape index (κ3) is 4.90. The van der Waals surface area contributed by atoms with Gasteiger partial charge in [0.25, 0.3) is 0 Å². The smallest absolute Gasteiger partial charge is 0.225 e. The minimum Gasteiger partial charge on any atom is -0.507 e. The number of nitrogens with two attached hydrogens (primary N) is 1. The molecule has 2 aliphatic rings. The van der Waals surface area contributed by atoms with Crippen LogP contribution in [0, 0.1) is 17.8 Å². The molecule has 36 heavy (non-hydrogen) atoms. The molecule has 1 saturated carbocycles. The number of hydrogen-bond donors (Lipinski definition) is 6. The number of likely N-dealkylation sites (N-methyl/N-ethyl adjacent to an activating group) is 1. The number of ketones is 2. The Labute approximate surface area is 210 Å². The number of hydrogen-bond acceptors (Lipinski definition) is 9. The van der Waals surface area contributed by atoms with E-state index in [0.717, 1.165) is 12.1 Å². The van der Waals surface area contributed by atoms with Crippen LogP contribution in [0.4, 0.5) is 0 Å². The van der Waals surface area contributed by atoms with Gasteiger partial charge in [0.15, 0.2) is 11.4 Å². The summed E-state index contributed by atoms with van der Waals surface area (Å²) in [5, 5.41) is 46.9. The summed E-state index contributed by atoms with van der Waals surface area (Å²) in [5.41, 5.74) is 4.01. The fourth-order valence-corrected chi connectivity index (χ4v) is 5.57. The number of aliphatic hydroxyl groups excluding tert-OH is 2. The largest absolute Gasteiger partial charge is 0.507 e. The van der Waals surface area contributed by atoms with Gasteiger partial charge in [0.1, 0.15) is 11.5 Å². The van der Waals surface area contributed by atoms with Gasteiger partial charge in [-0.1, -0.05) is 19.9 Å². The lowest BCUT2D eigenvalue weighted by Gasteiger charge is -2.47. The molecule has 0 aromatic heterocycles. The molecule has 0 spiro atoms.